The van der Waals surface area contributed by atoms with Crippen molar-refractivity contribution in [2.24, 2.45) is 0 Å². The molecular formula is C10H13N2O3PS3. The summed E-state index contributed by atoms with van der Waals surface area (Å²) in [6.07, 6.45) is 2.52. The van der Waals surface area contributed by atoms with Crippen molar-refractivity contribution < 1.29 is 9.46 Å². The van der Waals surface area contributed by atoms with Crippen LogP contribution in [0.4, 0.5) is 0 Å². The molecular weight excluding hydrogens is 323 g/mol. The van der Waals surface area contributed by atoms with E-state index in [-0.39, 0.29) is 11.3 Å². The van der Waals surface area contributed by atoms with Crippen LogP contribution in [0.2, 0.25) is 0 Å². The van der Waals surface area contributed by atoms with E-state index in [0.29, 0.717) is 16.4 Å². The summed E-state index contributed by atoms with van der Waals surface area (Å²) in [5.74, 6) is -2.32. The molecule has 0 aliphatic heterocycles. The van der Waals surface area contributed by atoms with Crippen molar-refractivity contribution in [2.75, 3.05) is 5.75 Å². The first-order chi connectivity index (χ1) is 9.02. The van der Waals surface area contributed by atoms with E-state index < -0.39 is 5.77 Å². The lowest BCUT2D eigenvalue weighted by molar-refractivity contribution is 0.514. The molecule has 0 fully saturated rings. The van der Waals surface area contributed by atoms with E-state index in [1.165, 1.54) is 21.8 Å². The van der Waals surface area contributed by atoms with Crippen LogP contribution in [0.15, 0.2) is 22.4 Å². The maximum absolute atomic E-state index is 11.8. The summed E-state index contributed by atoms with van der Waals surface area (Å²) in [6.45, 7) is 1.96. The first kappa shape index (κ1) is 15.1. The Morgan fingerprint density at radius 1 is 1.53 bits per heavy atom. The van der Waals surface area contributed by atoms with Crippen LogP contribution in [-0.4, -0.2) is 20.0 Å². The van der Waals surface area contributed by atoms with Gasteiger partial charge in [0.2, 0.25) is 0 Å². The van der Waals surface area contributed by atoms with Gasteiger partial charge >= 0.3 is 5.77 Å². The highest BCUT2D eigenvalue weighted by Crippen LogP contribution is 2.66. The van der Waals surface area contributed by atoms with Crippen LogP contribution in [0.5, 0.6) is 0 Å². The summed E-state index contributed by atoms with van der Waals surface area (Å²) in [4.78, 5) is 26.4. The van der Waals surface area contributed by atoms with Gasteiger partial charge in [-0.3, -0.25) is 13.8 Å². The van der Waals surface area contributed by atoms with Gasteiger partial charge < -0.3 is 4.89 Å². The predicted molar refractivity (Wildman–Crippen MR) is 83.2 cm³/mol. The number of thiazole rings is 1. The topological polar surface area (TPSA) is 71.7 Å². The number of rotatable bonds is 6. The number of hydrogen-bond donors (Lipinski definition) is 1. The molecule has 0 spiro atoms. The van der Waals surface area contributed by atoms with E-state index in [0.717, 1.165) is 29.2 Å². The minimum absolute atomic E-state index is 0.157. The van der Waals surface area contributed by atoms with E-state index in [1.54, 1.807) is 11.6 Å². The molecule has 0 aliphatic rings. The van der Waals surface area contributed by atoms with Crippen LogP contribution in [0.3, 0.4) is 0 Å². The SMILES string of the molecule is CCCSP(=O)(O)SCc1cc(=O)n2ccsc2n1. The average molecular weight is 336 g/mol. The van der Waals surface area contributed by atoms with Crippen molar-refractivity contribution in [3.05, 3.63) is 33.7 Å². The Morgan fingerprint density at radius 2 is 2.32 bits per heavy atom. The molecule has 1 atom stereocenters. The molecule has 0 saturated carbocycles. The van der Waals surface area contributed by atoms with E-state index in [2.05, 4.69) is 4.98 Å². The van der Waals surface area contributed by atoms with Crippen LogP contribution in [-0.2, 0) is 10.3 Å². The average Bonchev–Trinajstić information content (AvgIpc) is 2.83. The molecule has 2 aromatic rings. The van der Waals surface area contributed by atoms with Crippen LogP contribution in [0, 0.1) is 0 Å². The first-order valence-electron chi connectivity index (χ1n) is 5.59. The van der Waals surface area contributed by atoms with Gasteiger partial charge in [-0.05, 0) is 6.42 Å². The van der Waals surface area contributed by atoms with Crippen molar-refractivity contribution in [2.45, 2.75) is 19.1 Å². The molecule has 104 valence electrons. The smallest absolute Gasteiger partial charge is 0.311 e. The molecule has 5 nitrogen and oxygen atoms in total. The fourth-order valence-corrected chi connectivity index (χ4v) is 7.19. The Hall–Kier alpha value is -0.270. The second-order valence-electron chi connectivity index (χ2n) is 3.72. The lowest BCUT2D eigenvalue weighted by Crippen LogP contribution is -2.12. The highest BCUT2D eigenvalue weighted by atomic mass is 33.1. The molecule has 0 radical (unpaired) electrons. The van der Waals surface area contributed by atoms with Gasteiger partial charge in [0.1, 0.15) is 0 Å². The molecule has 2 rings (SSSR count). The second-order valence-corrected chi connectivity index (χ2v) is 12.0. The highest BCUT2D eigenvalue weighted by Gasteiger charge is 2.20. The van der Waals surface area contributed by atoms with E-state index in [4.69, 9.17) is 0 Å². The van der Waals surface area contributed by atoms with Crippen LogP contribution >= 0.6 is 39.9 Å². The largest absolute Gasteiger partial charge is 0.329 e. The fraction of sp³-hybridized carbons (Fsp3) is 0.400. The van der Waals surface area contributed by atoms with Crippen LogP contribution in [0.25, 0.3) is 4.96 Å². The number of hydrogen-bond acceptors (Lipinski definition) is 6. The molecule has 0 bridgehead atoms. The van der Waals surface area contributed by atoms with Gasteiger partial charge in [-0.15, -0.1) is 11.3 Å². The summed E-state index contributed by atoms with van der Waals surface area (Å²) in [6, 6.07) is 1.41. The van der Waals surface area contributed by atoms with Crippen molar-refractivity contribution in [1.29, 1.82) is 0 Å². The lowest BCUT2D eigenvalue weighted by Gasteiger charge is -2.08. The van der Waals surface area contributed by atoms with Gasteiger partial charge in [-0.1, -0.05) is 29.7 Å². The van der Waals surface area contributed by atoms with Crippen molar-refractivity contribution >= 4 is 44.8 Å². The Morgan fingerprint density at radius 3 is 3.05 bits per heavy atom. The Balaban J connectivity index is 2.09. The van der Waals surface area contributed by atoms with Gasteiger partial charge in [-0.25, -0.2) is 4.98 Å². The number of fused-ring (bicyclic) bond motifs is 1. The molecule has 1 N–H and O–H groups in total. The van der Waals surface area contributed by atoms with E-state index >= 15 is 0 Å². The summed E-state index contributed by atoms with van der Waals surface area (Å²) < 4.78 is 13.3. The third kappa shape index (κ3) is 4.10. The van der Waals surface area contributed by atoms with Crippen molar-refractivity contribution in [3.63, 3.8) is 0 Å². The molecule has 1 unspecified atom stereocenters. The maximum Gasteiger partial charge on any atom is 0.311 e. The van der Waals surface area contributed by atoms with Crippen LogP contribution < -0.4 is 5.56 Å². The standard InChI is InChI=1S/C10H13N2O3PS3/c1-2-4-18-16(14,15)19-7-8-6-9(13)12-3-5-17-10(12)11-8/h3,5-6H,2,4,7H2,1H3,(H,14,15). The van der Waals surface area contributed by atoms with E-state index in [9.17, 15) is 14.3 Å². The zero-order valence-corrected chi connectivity index (χ0v) is 13.5. The van der Waals surface area contributed by atoms with Gasteiger partial charge in [0, 0.05) is 29.1 Å². The third-order valence-corrected chi connectivity index (χ3v) is 9.41. The minimum Gasteiger partial charge on any atom is -0.329 e. The Labute approximate surface area is 122 Å². The summed E-state index contributed by atoms with van der Waals surface area (Å²) >= 11 is 3.40. The van der Waals surface area contributed by atoms with Crippen molar-refractivity contribution in [1.82, 2.24) is 9.38 Å². The predicted octanol–water partition coefficient (Wildman–Crippen LogP) is 3.23. The summed E-state index contributed by atoms with van der Waals surface area (Å²) in [7, 11) is 0. The monoisotopic (exact) mass is 336 g/mol. The Bertz CT molecular complexity index is 669. The van der Waals surface area contributed by atoms with Gasteiger partial charge in [0.05, 0.1) is 5.69 Å². The summed E-state index contributed by atoms with van der Waals surface area (Å²) in [5, 5.41) is 1.79. The lowest BCUT2D eigenvalue weighted by atomic mass is 10.4. The molecule has 0 amide bonds. The van der Waals surface area contributed by atoms with Gasteiger partial charge in [0.25, 0.3) is 5.56 Å². The van der Waals surface area contributed by atoms with Crippen LogP contribution in [0.1, 0.15) is 19.0 Å². The first-order valence-corrected chi connectivity index (χ1v) is 11.3. The van der Waals surface area contributed by atoms with Gasteiger partial charge in [-0.2, -0.15) is 0 Å². The maximum atomic E-state index is 11.8. The second kappa shape index (κ2) is 6.45. The third-order valence-electron chi connectivity index (χ3n) is 2.19. The normalized spacial score (nSPS) is 14.6. The zero-order valence-electron chi connectivity index (χ0n) is 10.2. The molecule has 9 heteroatoms. The molecule has 2 aromatic heterocycles. The zero-order chi connectivity index (χ0) is 13.9. The molecule has 0 saturated heterocycles. The quantitative estimate of drug-likeness (QED) is 0.817. The highest BCUT2D eigenvalue weighted by molar-refractivity contribution is 8.88. The van der Waals surface area contributed by atoms with Crippen molar-refractivity contribution in [3.8, 4) is 0 Å². The van der Waals surface area contributed by atoms with Gasteiger partial charge in [0.15, 0.2) is 4.96 Å². The minimum atomic E-state index is -3.25. The molecule has 19 heavy (non-hydrogen) atoms. The molecule has 0 aliphatic carbocycles. The number of nitrogens with zero attached hydrogens (tertiary/aromatic N) is 2. The summed E-state index contributed by atoms with van der Waals surface area (Å²) in [5.41, 5.74) is 0.389. The molecule has 2 heterocycles. The Kier molecular flexibility index (Phi) is 5.14. The number of aromatic nitrogens is 2. The fourth-order valence-electron chi connectivity index (χ4n) is 1.35. The van der Waals surface area contributed by atoms with E-state index in [1.807, 2.05) is 6.92 Å². The molecule has 0 aromatic carbocycles.